The molecular weight excluding hydrogens is 485 g/mol. The van der Waals surface area contributed by atoms with Gasteiger partial charge in [-0.05, 0) is 19.1 Å². The zero-order valence-corrected chi connectivity index (χ0v) is 20.1. The number of anilines is 1. The van der Waals surface area contributed by atoms with Crippen molar-refractivity contribution in [2.24, 2.45) is 4.99 Å². The molecule has 1 heterocycles. The summed E-state index contributed by atoms with van der Waals surface area (Å²) in [5.74, 6) is 2.59. The Hall–Kier alpha value is -1.88. The molecule has 0 unspecified atom stereocenters. The number of aliphatic imine (C=N–C) groups is 1. The van der Waals surface area contributed by atoms with Crippen LogP contribution in [-0.4, -0.2) is 43.0 Å². The van der Waals surface area contributed by atoms with Crippen LogP contribution in [0.25, 0.3) is 0 Å². The lowest BCUT2D eigenvalue weighted by molar-refractivity contribution is 0.172. The quantitative estimate of drug-likeness (QED) is 0.225. The smallest absolute Gasteiger partial charge is 0.232 e. The van der Waals surface area contributed by atoms with Crippen molar-refractivity contribution >= 4 is 35.6 Å². The van der Waals surface area contributed by atoms with E-state index in [4.69, 9.17) is 14.0 Å². The molecule has 0 aliphatic heterocycles. The molecule has 9 heteroatoms. The molecule has 2 N–H and O–H groups in total. The maximum atomic E-state index is 5.74. The van der Waals surface area contributed by atoms with Gasteiger partial charge in [0.15, 0.2) is 11.8 Å². The lowest BCUT2D eigenvalue weighted by Crippen LogP contribution is -2.30. The van der Waals surface area contributed by atoms with Gasteiger partial charge in [-0.1, -0.05) is 32.0 Å². The van der Waals surface area contributed by atoms with Crippen LogP contribution in [0.1, 0.15) is 45.8 Å². The zero-order valence-electron chi connectivity index (χ0n) is 17.8. The number of nitrogens with zero attached hydrogens (tertiary/aromatic N) is 3. The highest BCUT2D eigenvalue weighted by atomic mass is 127. The van der Waals surface area contributed by atoms with Gasteiger partial charge in [-0.3, -0.25) is 0 Å². The van der Waals surface area contributed by atoms with E-state index >= 15 is 0 Å². The third kappa shape index (κ3) is 8.99. The minimum atomic E-state index is -0.179. The fourth-order valence-corrected chi connectivity index (χ4v) is 2.27. The molecule has 0 spiro atoms. The number of benzene rings is 1. The zero-order chi connectivity index (χ0) is 20.4. The molecule has 2 rings (SSSR count). The topological polar surface area (TPSA) is 93.8 Å². The molecule has 29 heavy (non-hydrogen) atoms. The van der Waals surface area contributed by atoms with Gasteiger partial charge in [0.05, 0.1) is 6.61 Å². The second-order valence-corrected chi connectivity index (χ2v) is 7.31. The fraction of sp³-hybridized carbons (Fsp3) is 0.550. The summed E-state index contributed by atoms with van der Waals surface area (Å²) < 4.78 is 16.1. The highest BCUT2D eigenvalue weighted by Gasteiger charge is 2.21. The van der Waals surface area contributed by atoms with Crippen LogP contribution in [0.2, 0.25) is 0 Å². The monoisotopic (exact) mass is 517 g/mol. The van der Waals surface area contributed by atoms with Crippen LogP contribution < -0.4 is 15.4 Å². The number of rotatable bonds is 9. The van der Waals surface area contributed by atoms with Crippen molar-refractivity contribution in [2.75, 3.05) is 32.2 Å². The molecule has 0 radical (unpaired) electrons. The summed E-state index contributed by atoms with van der Waals surface area (Å²) >= 11 is 0. The summed E-state index contributed by atoms with van der Waals surface area (Å²) in [4.78, 5) is 8.96. The van der Waals surface area contributed by atoms with Crippen molar-refractivity contribution in [1.29, 1.82) is 0 Å². The number of aromatic nitrogens is 2. The number of guanidine groups is 1. The molecule has 0 saturated heterocycles. The molecule has 8 nitrogen and oxygen atoms in total. The second-order valence-electron chi connectivity index (χ2n) is 7.31. The molecule has 0 amide bonds. The third-order valence-electron chi connectivity index (χ3n) is 3.69. The van der Waals surface area contributed by atoms with E-state index in [1.165, 1.54) is 0 Å². The number of nitrogens with one attached hydrogen (secondary N) is 2. The molecule has 0 fully saturated rings. The molecular formula is C20H32IN5O3. The average molecular weight is 517 g/mol. The molecule has 1 aromatic carbocycles. The van der Waals surface area contributed by atoms with Crippen LogP contribution in [0, 0.1) is 0 Å². The predicted octanol–water partition coefficient (Wildman–Crippen LogP) is 3.98. The summed E-state index contributed by atoms with van der Waals surface area (Å²) in [6.07, 6.45) is 0.847. The minimum absolute atomic E-state index is 0. The van der Waals surface area contributed by atoms with Gasteiger partial charge in [0.25, 0.3) is 0 Å². The predicted molar refractivity (Wildman–Crippen MR) is 125 cm³/mol. The lowest BCUT2D eigenvalue weighted by atomic mass is 9.97. The van der Waals surface area contributed by atoms with Crippen LogP contribution in [0.15, 0.2) is 33.8 Å². The Bertz CT molecular complexity index is 759. The Balaban J connectivity index is 0.00000420. The summed E-state index contributed by atoms with van der Waals surface area (Å²) in [5, 5.41) is 10.5. The summed E-state index contributed by atoms with van der Waals surface area (Å²) in [5.41, 5.74) is 0.703. The Morgan fingerprint density at radius 3 is 2.69 bits per heavy atom. The molecule has 162 valence electrons. The first-order valence-electron chi connectivity index (χ1n) is 9.52. The SMILES string of the molecule is CCNC(=NCc1noc(C(C)(C)C)n1)Nc1cccc(OCCCOC)c1.I. The molecule has 2 aromatic rings. The van der Waals surface area contributed by atoms with Crippen LogP contribution >= 0.6 is 24.0 Å². The van der Waals surface area contributed by atoms with Gasteiger partial charge in [-0.25, -0.2) is 4.99 Å². The molecule has 0 aliphatic rings. The average Bonchev–Trinajstić information content (AvgIpc) is 3.13. The third-order valence-corrected chi connectivity index (χ3v) is 3.69. The van der Waals surface area contributed by atoms with E-state index in [0.29, 0.717) is 37.4 Å². The molecule has 0 atom stereocenters. The molecule has 0 aliphatic carbocycles. The maximum absolute atomic E-state index is 5.74. The largest absolute Gasteiger partial charge is 0.493 e. The van der Waals surface area contributed by atoms with Crippen molar-refractivity contribution < 1.29 is 14.0 Å². The highest BCUT2D eigenvalue weighted by molar-refractivity contribution is 14.0. The van der Waals surface area contributed by atoms with Gasteiger partial charge in [-0.2, -0.15) is 4.98 Å². The maximum Gasteiger partial charge on any atom is 0.232 e. The number of ether oxygens (including phenoxy) is 2. The van der Waals surface area contributed by atoms with Crippen molar-refractivity contribution in [1.82, 2.24) is 15.5 Å². The Labute approximate surface area is 189 Å². The van der Waals surface area contributed by atoms with E-state index in [1.54, 1.807) is 7.11 Å². The number of halogens is 1. The van der Waals surface area contributed by atoms with Crippen LogP contribution in [0.4, 0.5) is 5.69 Å². The Morgan fingerprint density at radius 1 is 1.24 bits per heavy atom. The van der Waals surface area contributed by atoms with Gasteiger partial charge < -0.3 is 24.6 Å². The second kappa shape index (κ2) is 12.6. The molecule has 0 saturated carbocycles. The standard InChI is InChI=1S/C20H31N5O3.HI/c1-6-21-19(22-14-17-24-18(28-25-17)20(2,3)4)23-15-9-7-10-16(13-15)27-12-8-11-26-5;/h7,9-10,13H,6,8,11-12,14H2,1-5H3,(H2,21,22,23);1H. The van der Waals surface area contributed by atoms with Crippen LogP contribution in [-0.2, 0) is 16.7 Å². The normalized spacial score (nSPS) is 11.7. The van der Waals surface area contributed by atoms with Crippen molar-refractivity contribution in [3.63, 3.8) is 0 Å². The summed E-state index contributed by atoms with van der Waals surface area (Å²) in [6, 6.07) is 7.76. The fourth-order valence-electron chi connectivity index (χ4n) is 2.27. The van der Waals surface area contributed by atoms with E-state index in [9.17, 15) is 0 Å². The van der Waals surface area contributed by atoms with E-state index in [1.807, 2.05) is 52.0 Å². The van der Waals surface area contributed by atoms with Crippen LogP contribution in [0.5, 0.6) is 5.75 Å². The van der Waals surface area contributed by atoms with Gasteiger partial charge in [0.2, 0.25) is 5.89 Å². The summed E-state index contributed by atoms with van der Waals surface area (Å²) in [7, 11) is 1.69. The molecule has 0 bridgehead atoms. The van der Waals surface area contributed by atoms with Gasteiger partial charge in [0, 0.05) is 43.9 Å². The van der Waals surface area contributed by atoms with Gasteiger partial charge in [-0.15, -0.1) is 24.0 Å². The number of methoxy groups -OCH3 is 1. The minimum Gasteiger partial charge on any atom is -0.493 e. The van der Waals surface area contributed by atoms with E-state index in [-0.39, 0.29) is 29.4 Å². The first-order valence-corrected chi connectivity index (χ1v) is 9.52. The van der Waals surface area contributed by atoms with Crippen molar-refractivity contribution in [2.45, 2.75) is 46.1 Å². The van der Waals surface area contributed by atoms with E-state index in [0.717, 1.165) is 24.4 Å². The van der Waals surface area contributed by atoms with Gasteiger partial charge in [0.1, 0.15) is 12.3 Å². The molecule has 1 aromatic heterocycles. The van der Waals surface area contributed by atoms with Crippen LogP contribution in [0.3, 0.4) is 0 Å². The Kier molecular flexibility index (Phi) is 11.0. The van der Waals surface area contributed by atoms with Crippen molar-refractivity contribution in [3.05, 3.63) is 36.0 Å². The first kappa shape index (κ1) is 25.2. The van der Waals surface area contributed by atoms with E-state index in [2.05, 4.69) is 25.8 Å². The highest BCUT2D eigenvalue weighted by Crippen LogP contribution is 2.20. The van der Waals surface area contributed by atoms with Gasteiger partial charge >= 0.3 is 0 Å². The Morgan fingerprint density at radius 2 is 2.03 bits per heavy atom. The van der Waals surface area contributed by atoms with E-state index < -0.39 is 0 Å². The first-order chi connectivity index (χ1) is 13.4. The number of hydrogen-bond acceptors (Lipinski definition) is 6. The lowest BCUT2D eigenvalue weighted by Gasteiger charge is -2.12. The summed E-state index contributed by atoms with van der Waals surface area (Å²) in [6.45, 7) is 10.5. The van der Waals surface area contributed by atoms with Crippen molar-refractivity contribution in [3.8, 4) is 5.75 Å². The number of hydrogen-bond donors (Lipinski definition) is 2.